The molecule has 1 aromatic carbocycles. The second-order valence-electron chi connectivity index (χ2n) is 4.48. The Morgan fingerprint density at radius 3 is 2.80 bits per heavy atom. The Morgan fingerprint density at radius 2 is 2.20 bits per heavy atom. The first kappa shape index (κ1) is 14.4. The number of alkyl halides is 2. The third-order valence-electron chi connectivity index (χ3n) is 2.81. The molecule has 2 rings (SSSR count). The fraction of sp³-hybridized carbons (Fsp3) is 0.462. The van der Waals surface area contributed by atoms with Crippen molar-refractivity contribution in [3.63, 3.8) is 0 Å². The van der Waals surface area contributed by atoms with Gasteiger partial charge in [-0.1, -0.05) is 6.07 Å². The number of aliphatic imine (C=N–C) groups is 1. The SMILES string of the molecule is COc1ccc(CN=C(N)NC2CC2)cc1OC(F)F. The topological polar surface area (TPSA) is 68.9 Å². The minimum absolute atomic E-state index is 0.0103. The number of rotatable bonds is 6. The van der Waals surface area contributed by atoms with Crippen LogP contribution in [0.3, 0.4) is 0 Å². The molecule has 0 radical (unpaired) electrons. The number of nitrogens with zero attached hydrogens (tertiary/aromatic N) is 1. The van der Waals surface area contributed by atoms with Crippen LogP contribution in [0.1, 0.15) is 18.4 Å². The van der Waals surface area contributed by atoms with Gasteiger partial charge in [0.05, 0.1) is 13.7 Å². The van der Waals surface area contributed by atoms with E-state index < -0.39 is 6.61 Å². The largest absolute Gasteiger partial charge is 0.493 e. The first-order chi connectivity index (χ1) is 9.58. The van der Waals surface area contributed by atoms with Crippen molar-refractivity contribution in [3.05, 3.63) is 23.8 Å². The summed E-state index contributed by atoms with van der Waals surface area (Å²) in [7, 11) is 1.39. The first-order valence-electron chi connectivity index (χ1n) is 6.26. The number of nitrogens with two attached hydrogens (primary N) is 1. The number of nitrogens with one attached hydrogen (secondary N) is 1. The van der Waals surface area contributed by atoms with Crippen LogP contribution < -0.4 is 20.5 Å². The van der Waals surface area contributed by atoms with Crippen LogP contribution in [-0.2, 0) is 6.54 Å². The van der Waals surface area contributed by atoms with Crippen LogP contribution >= 0.6 is 0 Å². The van der Waals surface area contributed by atoms with Crippen LogP contribution in [0.5, 0.6) is 11.5 Å². The van der Waals surface area contributed by atoms with Gasteiger partial charge in [-0.05, 0) is 30.5 Å². The van der Waals surface area contributed by atoms with E-state index in [4.69, 9.17) is 10.5 Å². The first-order valence-corrected chi connectivity index (χ1v) is 6.26. The lowest BCUT2D eigenvalue weighted by Crippen LogP contribution is -2.33. The fourth-order valence-electron chi connectivity index (χ4n) is 1.67. The van der Waals surface area contributed by atoms with E-state index in [1.165, 1.54) is 13.2 Å². The van der Waals surface area contributed by atoms with E-state index in [1.54, 1.807) is 12.1 Å². The zero-order valence-corrected chi connectivity index (χ0v) is 11.1. The Bertz CT molecular complexity index is 491. The molecule has 0 atom stereocenters. The Morgan fingerprint density at radius 1 is 1.45 bits per heavy atom. The Balaban J connectivity index is 2.03. The van der Waals surface area contributed by atoms with Crippen LogP contribution in [0.25, 0.3) is 0 Å². The quantitative estimate of drug-likeness (QED) is 0.618. The van der Waals surface area contributed by atoms with E-state index in [-0.39, 0.29) is 18.0 Å². The average Bonchev–Trinajstić information content (AvgIpc) is 3.20. The van der Waals surface area contributed by atoms with E-state index in [0.717, 1.165) is 12.8 Å². The van der Waals surface area contributed by atoms with Crippen LogP contribution in [0.15, 0.2) is 23.2 Å². The average molecular weight is 285 g/mol. The van der Waals surface area contributed by atoms with E-state index in [1.807, 2.05) is 0 Å². The van der Waals surface area contributed by atoms with E-state index in [0.29, 0.717) is 17.6 Å². The molecule has 0 spiro atoms. The monoisotopic (exact) mass is 285 g/mol. The molecule has 1 aromatic rings. The smallest absolute Gasteiger partial charge is 0.387 e. The van der Waals surface area contributed by atoms with Gasteiger partial charge in [0.15, 0.2) is 17.5 Å². The van der Waals surface area contributed by atoms with Crippen molar-refractivity contribution >= 4 is 5.96 Å². The molecule has 110 valence electrons. The third kappa shape index (κ3) is 4.25. The Kier molecular flexibility index (Phi) is 4.60. The van der Waals surface area contributed by atoms with Gasteiger partial charge in [0.2, 0.25) is 0 Å². The second-order valence-corrected chi connectivity index (χ2v) is 4.48. The molecule has 0 unspecified atom stereocenters. The summed E-state index contributed by atoms with van der Waals surface area (Å²) in [5.41, 5.74) is 6.41. The zero-order chi connectivity index (χ0) is 14.5. The summed E-state index contributed by atoms with van der Waals surface area (Å²) in [4.78, 5) is 4.15. The van der Waals surface area contributed by atoms with Crippen molar-refractivity contribution in [1.29, 1.82) is 0 Å². The molecule has 1 aliphatic carbocycles. The Labute approximate surface area is 115 Å². The molecule has 0 aliphatic heterocycles. The molecular formula is C13H17F2N3O2. The highest BCUT2D eigenvalue weighted by atomic mass is 19.3. The van der Waals surface area contributed by atoms with Crippen molar-refractivity contribution in [1.82, 2.24) is 5.32 Å². The summed E-state index contributed by atoms with van der Waals surface area (Å²) < 4.78 is 34.0. The fourth-order valence-corrected chi connectivity index (χ4v) is 1.67. The number of hydrogen-bond donors (Lipinski definition) is 2. The highest BCUT2D eigenvalue weighted by Gasteiger charge is 2.21. The number of benzene rings is 1. The van der Waals surface area contributed by atoms with Gasteiger partial charge in [0.1, 0.15) is 0 Å². The lowest BCUT2D eigenvalue weighted by molar-refractivity contribution is -0.0512. The molecule has 3 N–H and O–H groups in total. The number of guanidine groups is 1. The van der Waals surface area contributed by atoms with Crippen LogP contribution in [0.4, 0.5) is 8.78 Å². The highest BCUT2D eigenvalue weighted by molar-refractivity contribution is 5.78. The number of methoxy groups -OCH3 is 1. The van der Waals surface area contributed by atoms with E-state index in [9.17, 15) is 8.78 Å². The molecule has 0 aromatic heterocycles. The predicted molar refractivity (Wildman–Crippen MR) is 71.1 cm³/mol. The predicted octanol–water partition coefficient (Wildman–Crippen LogP) is 1.86. The molecule has 1 saturated carbocycles. The molecule has 0 heterocycles. The normalized spacial score (nSPS) is 15.3. The highest BCUT2D eigenvalue weighted by Crippen LogP contribution is 2.29. The molecule has 20 heavy (non-hydrogen) atoms. The summed E-state index contributed by atoms with van der Waals surface area (Å²) in [6, 6.07) is 5.18. The van der Waals surface area contributed by atoms with Crippen molar-refractivity contribution in [3.8, 4) is 11.5 Å². The number of ether oxygens (including phenoxy) is 2. The van der Waals surface area contributed by atoms with Crippen molar-refractivity contribution in [2.75, 3.05) is 7.11 Å². The number of halogens is 2. The molecule has 0 saturated heterocycles. The summed E-state index contributed by atoms with van der Waals surface area (Å²) >= 11 is 0. The lowest BCUT2D eigenvalue weighted by Gasteiger charge is -2.11. The van der Waals surface area contributed by atoms with E-state index >= 15 is 0 Å². The van der Waals surface area contributed by atoms with Gasteiger partial charge in [-0.3, -0.25) is 0 Å². The molecule has 0 bridgehead atoms. The minimum Gasteiger partial charge on any atom is -0.493 e. The lowest BCUT2D eigenvalue weighted by atomic mass is 10.2. The summed E-state index contributed by atoms with van der Waals surface area (Å²) in [5.74, 6) is 0.602. The maximum atomic E-state index is 12.3. The van der Waals surface area contributed by atoms with Crippen molar-refractivity contribution < 1.29 is 18.3 Å². The van der Waals surface area contributed by atoms with Gasteiger partial charge in [0, 0.05) is 6.04 Å². The maximum Gasteiger partial charge on any atom is 0.387 e. The van der Waals surface area contributed by atoms with Gasteiger partial charge in [-0.15, -0.1) is 0 Å². The Hall–Kier alpha value is -2.05. The zero-order valence-electron chi connectivity index (χ0n) is 11.1. The third-order valence-corrected chi connectivity index (χ3v) is 2.81. The van der Waals surface area contributed by atoms with Gasteiger partial charge in [-0.25, -0.2) is 4.99 Å². The van der Waals surface area contributed by atoms with Crippen LogP contribution in [-0.4, -0.2) is 25.7 Å². The molecule has 1 fully saturated rings. The summed E-state index contributed by atoms with van der Waals surface area (Å²) in [6.45, 7) is -2.61. The molecule has 5 nitrogen and oxygen atoms in total. The van der Waals surface area contributed by atoms with Gasteiger partial charge >= 0.3 is 6.61 Å². The molecular weight excluding hydrogens is 268 g/mol. The van der Waals surface area contributed by atoms with E-state index in [2.05, 4.69) is 15.0 Å². The van der Waals surface area contributed by atoms with Crippen molar-refractivity contribution in [2.45, 2.75) is 32.0 Å². The number of hydrogen-bond acceptors (Lipinski definition) is 3. The van der Waals surface area contributed by atoms with Gasteiger partial charge in [0.25, 0.3) is 0 Å². The molecule has 0 amide bonds. The standard InChI is InChI=1S/C13H17F2N3O2/c1-19-10-5-2-8(6-11(10)20-12(14)15)7-17-13(16)18-9-3-4-9/h2,5-6,9,12H,3-4,7H2,1H3,(H3,16,17,18). The maximum absolute atomic E-state index is 12.3. The van der Waals surface area contributed by atoms with Crippen molar-refractivity contribution in [2.24, 2.45) is 10.7 Å². The summed E-state index contributed by atoms with van der Waals surface area (Å²) in [6.07, 6.45) is 2.20. The van der Waals surface area contributed by atoms with Crippen LogP contribution in [0, 0.1) is 0 Å². The van der Waals surface area contributed by atoms with Gasteiger partial charge in [-0.2, -0.15) is 8.78 Å². The molecule has 1 aliphatic rings. The minimum atomic E-state index is -2.90. The summed E-state index contributed by atoms with van der Waals surface area (Å²) in [5, 5.41) is 3.05. The molecule has 7 heteroatoms. The van der Waals surface area contributed by atoms with Crippen LogP contribution in [0.2, 0.25) is 0 Å². The second kappa shape index (κ2) is 6.40. The van der Waals surface area contributed by atoms with Gasteiger partial charge < -0.3 is 20.5 Å².